The summed E-state index contributed by atoms with van der Waals surface area (Å²) in [5.41, 5.74) is 2.60. The highest BCUT2D eigenvalue weighted by Crippen LogP contribution is 2.32. The van der Waals surface area contributed by atoms with Gasteiger partial charge >= 0.3 is 0 Å². The number of carbonyl (C=O) groups excluding carboxylic acids is 1. The number of aromatic nitrogens is 3. The van der Waals surface area contributed by atoms with Crippen LogP contribution in [-0.2, 0) is 0 Å². The molecule has 0 atom stereocenters. The van der Waals surface area contributed by atoms with Gasteiger partial charge in [-0.2, -0.15) is 5.10 Å². The molecule has 0 aliphatic carbocycles. The molecule has 1 aliphatic heterocycles. The Balaban J connectivity index is 1.72. The van der Waals surface area contributed by atoms with Crippen molar-refractivity contribution >= 4 is 11.6 Å². The average molecular weight is 395 g/mol. The normalized spacial score (nSPS) is 16.1. The molecule has 152 valence electrons. The van der Waals surface area contributed by atoms with E-state index in [0.29, 0.717) is 35.9 Å². The Hall–Kier alpha value is -3.13. The van der Waals surface area contributed by atoms with Crippen LogP contribution < -0.4 is 14.8 Å². The minimum absolute atomic E-state index is 0.0802. The van der Waals surface area contributed by atoms with E-state index in [1.807, 2.05) is 29.2 Å². The van der Waals surface area contributed by atoms with E-state index in [1.165, 1.54) is 0 Å². The third-order valence-electron chi connectivity index (χ3n) is 5.12. The lowest BCUT2D eigenvalue weighted by Crippen LogP contribution is -2.58. The van der Waals surface area contributed by atoms with Crippen LogP contribution in [0, 0.1) is 0 Å². The minimum Gasteiger partial charge on any atom is -0.493 e. The van der Waals surface area contributed by atoms with E-state index in [4.69, 9.17) is 9.47 Å². The molecule has 0 bridgehead atoms. The largest absolute Gasteiger partial charge is 0.493 e. The number of methoxy groups -OCH3 is 2. The second-order valence-corrected chi connectivity index (χ2v) is 7.74. The summed E-state index contributed by atoms with van der Waals surface area (Å²) < 4.78 is 12.4. The molecule has 1 aliphatic rings. The maximum Gasteiger partial charge on any atom is 0.274 e. The zero-order chi connectivity index (χ0) is 20.6. The lowest BCUT2D eigenvalue weighted by molar-refractivity contribution is 0.0646. The Morgan fingerprint density at radius 2 is 1.93 bits per heavy atom. The second kappa shape index (κ2) is 7.36. The molecule has 29 heavy (non-hydrogen) atoms. The first-order chi connectivity index (χ1) is 13.9. The minimum atomic E-state index is -0.115. The highest BCUT2D eigenvalue weighted by molar-refractivity contribution is 5.93. The summed E-state index contributed by atoms with van der Waals surface area (Å²) >= 11 is 0. The molecule has 3 aromatic rings. The van der Waals surface area contributed by atoms with Gasteiger partial charge in [0.2, 0.25) is 0 Å². The van der Waals surface area contributed by atoms with Gasteiger partial charge in [0, 0.05) is 43.0 Å². The van der Waals surface area contributed by atoms with Gasteiger partial charge in [0.1, 0.15) is 0 Å². The summed E-state index contributed by atoms with van der Waals surface area (Å²) in [4.78, 5) is 19.3. The van der Waals surface area contributed by atoms with Crippen LogP contribution in [0.25, 0.3) is 16.9 Å². The standard InChI is InChI=1S/C21H25N5O3/c1-21(2)13-25(10-9-23-21)20(27)15-12-19-22-8-7-16(26(19)24-15)14-5-6-17(28-3)18(11-14)29-4/h5-8,11-12,23H,9-10,13H2,1-4H3. The molecule has 4 rings (SSSR count). The summed E-state index contributed by atoms with van der Waals surface area (Å²) in [6.45, 7) is 6.24. The van der Waals surface area contributed by atoms with Crippen LogP contribution in [0.4, 0.5) is 0 Å². The quantitative estimate of drug-likeness (QED) is 0.730. The van der Waals surface area contributed by atoms with E-state index in [9.17, 15) is 4.79 Å². The van der Waals surface area contributed by atoms with Crippen molar-refractivity contribution in [2.45, 2.75) is 19.4 Å². The second-order valence-electron chi connectivity index (χ2n) is 7.74. The van der Waals surface area contributed by atoms with Crippen LogP contribution in [0.2, 0.25) is 0 Å². The Morgan fingerprint density at radius 3 is 2.66 bits per heavy atom. The number of ether oxygens (including phenoxy) is 2. The number of hydrogen-bond acceptors (Lipinski definition) is 6. The van der Waals surface area contributed by atoms with E-state index in [-0.39, 0.29) is 11.4 Å². The molecule has 0 radical (unpaired) electrons. The number of rotatable bonds is 4. The summed E-state index contributed by atoms with van der Waals surface area (Å²) in [6, 6.07) is 9.26. The van der Waals surface area contributed by atoms with Crippen LogP contribution in [0.5, 0.6) is 11.5 Å². The Bertz CT molecular complexity index is 1060. The van der Waals surface area contributed by atoms with Gasteiger partial charge in [0.05, 0.1) is 19.9 Å². The number of piperazine rings is 1. The highest BCUT2D eigenvalue weighted by atomic mass is 16.5. The first kappa shape index (κ1) is 19.2. The van der Waals surface area contributed by atoms with Crippen molar-refractivity contribution in [3.05, 3.63) is 42.2 Å². The fourth-order valence-electron chi connectivity index (χ4n) is 3.69. The number of nitrogens with zero attached hydrogens (tertiary/aromatic N) is 4. The SMILES string of the molecule is COc1ccc(-c2ccnc3cc(C(=O)N4CCNC(C)(C)C4)nn23)cc1OC. The van der Waals surface area contributed by atoms with Crippen LogP contribution in [-0.4, -0.2) is 64.8 Å². The molecule has 1 fully saturated rings. The zero-order valence-corrected chi connectivity index (χ0v) is 17.1. The van der Waals surface area contributed by atoms with Crippen molar-refractivity contribution in [2.24, 2.45) is 0 Å². The Kier molecular flexibility index (Phi) is 4.87. The fraction of sp³-hybridized carbons (Fsp3) is 0.381. The predicted molar refractivity (Wildman–Crippen MR) is 110 cm³/mol. The van der Waals surface area contributed by atoms with Gasteiger partial charge < -0.3 is 19.7 Å². The third kappa shape index (κ3) is 3.63. The lowest BCUT2D eigenvalue weighted by atomic mass is 10.0. The van der Waals surface area contributed by atoms with E-state index < -0.39 is 0 Å². The van der Waals surface area contributed by atoms with Crippen LogP contribution >= 0.6 is 0 Å². The summed E-state index contributed by atoms with van der Waals surface area (Å²) in [5.74, 6) is 1.20. The van der Waals surface area contributed by atoms with E-state index in [0.717, 1.165) is 17.8 Å². The molecule has 2 aromatic heterocycles. The van der Waals surface area contributed by atoms with Gasteiger partial charge in [-0.15, -0.1) is 0 Å². The molecule has 0 spiro atoms. The first-order valence-electron chi connectivity index (χ1n) is 9.53. The number of fused-ring (bicyclic) bond motifs is 1. The van der Waals surface area contributed by atoms with Crippen molar-refractivity contribution in [3.63, 3.8) is 0 Å². The number of amides is 1. The molecule has 0 saturated carbocycles. The smallest absolute Gasteiger partial charge is 0.274 e. The number of nitrogens with one attached hydrogen (secondary N) is 1. The van der Waals surface area contributed by atoms with Gasteiger partial charge in [-0.1, -0.05) is 0 Å². The summed E-state index contributed by atoms with van der Waals surface area (Å²) in [6.07, 6.45) is 1.71. The van der Waals surface area contributed by atoms with Gasteiger partial charge in [0.15, 0.2) is 22.8 Å². The molecule has 0 unspecified atom stereocenters. The molecule has 1 amide bonds. The molecule has 1 N–H and O–H groups in total. The van der Waals surface area contributed by atoms with Gasteiger partial charge in [0.25, 0.3) is 5.91 Å². The highest BCUT2D eigenvalue weighted by Gasteiger charge is 2.30. The maximum atomic E-state index is 13.0. The van der Waals surface area contributed by atoms with Crippen molar-refractivity contribution in [1.29, 1.82) is 0 Å². The topological polar surface area (TPSA) is 81.0 Å². The Labute approximate surface area is 169 Å². The van der Waals surface area contributed by atoms with Gasteiger partial charge in [-0.3, -0.25) is 4.79 Å². The zero-order valence-electron chi connectivity index (χ0n) is 17.1. The van der Waals surface area contributed by atoms with E-state index >= 15 is 0 Å². The summed E-state index contributed by atoms with van der Waals surface area (Å²) in [5, 5.41) is 8.00. The molecular formula is C21H25N5O3. The number of benzene rings is 1. The van der Waals surface area contributed by atoms with Crippen molar-refractivity contribution in [3.8, 4) is 22.8 Å². The predicted octanol–water partition coefficient (Wildman–Crippen LogP) is 2.24. The lowest BCUT2D eigenvalue weighted by Gasteiger charge is -2.38. The molecular weight excluding hydrogens is 370 g/mol. The van der Waals surface area contributed by atoms with Gasteiger partial charge in [-0.25, -0.2) is 9.50 Å². The molecule has 1 aromatic carbocycles. The Morgan fingerprint density at radius 1 is 1.14 bits per heavy atom. The van der Waals surface area contributed by atoms with Gasteiger partial charge in [-0.05, 0) is 38.1 Å². The first-order valence-corrected chi connectivity index (χ1v) is 9.53. The van der Waals surface area contributed by atoms with Crippen LogP contribution in [0.1, 0.15) is 24.3 Å². The molecule has 8 nitrogen and oxygen atoms in total. The van der Waals surface area contributed by atoms with Crippen molar-refractivity contribution in [2.75, 3.05) is 33.9 Å². The van der Waals surface area contributed by atoms with Crippen LogP contribution in [0.15, 0.2) is 36.5 Å². The molecule has 3 heterocycles. The molecule has 8 heteroatoms. The van der Waals surface area contributed by atoms with Crippen LogP contribution in [0.3, 0.4) is 0 Å². The monoisotopic (exact) mass is 395 g/mol. The van der Waals surface area contributed by atoms with Crippen molar-refractivity contribution < 1.29 is 14.3 Å². The van der Waals surface area contributed by atoms with E-state index in [2.05, 4.69) is 29.2 Å². The number of carbonyl (C=O) groups is 1. The average Bonchev–Trinajstić information content (AvgIpc) is 3.16. The van der Waals surface area contributed by atoms with E-state index in [1.54, 1.807) is 31.0 Å². The summed E-state index contributed by atoms with van der Waals surface area (Å²) in [7, 11) is 3.20. The third-order valence-corrected chi connectivity index (χ3v) is 5.12. The fourth-order valence-corrected chi connectivity index (χ4v) is 3.69. The number of hydrogen-bond donors (Lipinski definition) is 1. The van der Waals surface area contributed by atoms with Crippen molar-refractivity contribution in [1.82, 2.24) is 24.8 Å². The maximum absolute atomic E-state index is 13.0. The molecule has 1 saturated heterocycles.